The number of hydrogen-bond donors (Lipinski definition) is 0. The normalized spacial score (nSPS) is 10.4. The molecule has 4 rings (SSSR count). The fraction of sp³-hybridized carbons (Fsp3) is 0.100. The van der Waals surface area contributed by atoms with Crippen molar-refractivity contribution in [3.63, 3.8) is 0 Å². The molecule has 2 heterocycles. The highest BCUT2D eigenvalue weighted by Crippen LogP contribution is 2.26. The zero-order valence-electron chi connectivity index (χ0n) is 14.5. The molecule has 2 aromatic heterocycles. The standard InChI is InChI=1S/C11H10ClNO.C9H5ClFNO/c1-7-4-3-5-9(6-7)10-8(2)13-11(12)14-10;10-9-12-5-8(13-9)6-2-1-3-7(11)4-6/h3-6H,1-2H3;1-5H. The lowest BCUT2D eigenvalue weighted by Crippen LogP contribution is -1.79. The second-order valence-electron chi connectivity index (χ2n) is 5.74. The van der Waals surface area contributed by atoms with Crippen LogP contribution in [0.5, 0.6) is 0 Å². The molecule has 0 aliphatic rings. The van der Waals surface area contributed by atoms with E-state index in [1.54, 1.807) is 12.1 Å². The minimum Gasteiger partial charge on any atom is -0.428 e. The number of aryl methyl sites for hydroxylation is 2. The average Bonchev–Trinajstić information content (AvgIpc) is 3.20. The highest BCUT2D eigenvalue weighted by Gasteiger charge is 2.09. The van der Waals surface area contributed by atoms with Crippen molar-refractivity contribution >= 4 is 23.2 Å². The van der Waals surface area contributed by atoms with E-state index in [2.05, 4.69) is 9.97 Å². The number of benzene rings is 2. The summed E-state index contributed by atoms with van der Waals surface area (Å²) in [7, 11) is 0. The van der Waals surface area contributed by atoms with Gasteiger partial charge in [-0.15, -0.1) is 0 Å². The van der Waals surface area contributed by atoms with Crippen LogP contribution in [0.25, 0.3) is 22.6 Å². The van der Waals surface area contributed by atoms with E-state index in [0.29, 0.717) is 11.3 Å². The van der Waals surface area contributed by atoms with Crippen LogP contribution in [0.3, 0.4) is 0 Å². The highest BCUT2D eigenvalue weighted by molar-refractivity contribution is 6.28. The van der Waals surface area contributed by atoms with Gasteiger partial charge in [-0.05, 0) is 55.2 Å². The summed E-state index contributed by atoms with van der Waals surface area (Å²) >= 11 is 11.2. The van der Waals surface area contributed by atoms with Crippen molar-refractivity contribution in [2.75, 3.05) is 0 Å². The van der Waals surface area contributed by atoms with Crippen LogP contribution in [-0.4, -0.2) is 9.97 Å². The molecule has 0 fully saturated rings. The Morgan fingerprint density at radius 1 is 0.889 bits per heavy atom. The van der Waals surface area contributed by atoms with Crippen LogP contribution in [0, 0.1) is 19.7 Å². The molecule has 138 valence electrons. The molecule has 0 aliphatic heterocycles. The van der Waals surface area contributed by atoms with Crippen molar-refractivity contribution in [1.82, 2.24) is 9.97 Å². The van der Waals surface area contributed by atoms with Crippen molar-refractivity contribution in [3.8, 4) is 22.6 Å². The first-order valence-electron chi connectivity index (χ1n) is 7.99. The summed E-state index contributed by atoms with van der Waals surface area (Å²) < 4.78 is 23.1. The van der Waals surface area contributed by atoms with E-state index >= 15 is 0 Å². The molecule has 0 amide bonds. The first-order chi connectivity index (χ1) is 12.9. The van der Waals surface area contributed by atoms with Crippen molar-refractivity contribution in [2.24, 2.45) is 0 Å². The van der Waals surface area contributed by atoms with Gasteiger partial charge in [0, 0.05) is 11.1 Å². The molecule has 0 N–H and O–H groups in total. The third-order valence-electron chi connectivity index (χ3n) is 3.64. The predicted octanol–water partition coefficient (Wildman–Crippen LogP) is 6.75. The molecule has 7 heteroatoms. The van der Waals surface area contributed by atoms with E-state index in [-0.39, 0.29) is 16.5 Å². The molecule has 0 unspecified atom stereocenters. The van der Waals surface area contributed by atoms with E-state index < -0.39 is 0 Å². The van der Waals surface area contributed by atoms with Gasteiger partial charge in [0.2, 0.25) is 0 Å². The Balaban J connectivity index is 0.000000156. The third kappa shape index (κ3) is 4.96. The maximum absolute atomic E-state index is 12.8. The largest absolute Gasteiger partial charge is 0.428 e. The Morgan fingerprint density at radius 2 is 1.63 bits per heavy atom. The second kappa shape index (κ2) is 8.37. The molecule has 0 atom stereocenters. The number of hydrogen-bond acceptors (Lipinski definition) is 4. The summed E-state index contributed by atoms with van der Waals surface area (Å²) in [6, 6.07) is 14.1. The van der Waals surface area contributed by atoms with E-state index in [4.69, 9.17) is 32.0 Å². The Labute approximate surface area is 165 Å². The molecule has 4 aromatic rings. The lowest BCUT2D eigenvalue weighted by molar-refractivity contribution is 0.572. The van der Waals surface area contributed by atoms with Crippen molar-refractivity contribution in [1.29, 1.82) is 0 Å². The first-order valence-corrected chi connectivity index (χ1v) is 8.75. The molecule has 2 aromatic carbocycles. The van der Waals surface area contributed by atoms with Crippen LogP contribution < -0.4 is 0 Å². The molecular weight excluding hydrogens is 390 g/mol. The van der Waals surface area contributed by atoms with Crippen molar-refractivity contribution in [2.45, 2.75) is 13.8 Å². The number of oxazole rings is 2. The average molecular weight is 405 g/mol. The SMILES string of the molecule is Cc1cccc(-c2oc(Cl)nc2C)c1.Fc1cccc(-c2cnc(Cl)o2)c1. The van der Waals surface area contributed by atoms with Crippen LogP contribution in [-0.2, 0) is 0 Å². The van der Waals surface area contributed by atoms with Crippen LogP contribution in [0.15, 0.2) is 63.6 Å². The molecule has 0 radical (unpaired) electrons. The molecule has 0 spiro atoms. The monoisotopic (exact) mass is 404 g/mol. The fourth-order valence-electron chi connectivity index (χ4n) is 2.45. The minimum absolute atomic E-state index is 0.0549. The molecule has 0 saturated carbocycles. The van der Waals surface area contributed by atoms with Crippen LogP contribution in [0.4, 0.5) is 4.39 Å². The Kier molecular flexibility index (Phi) is 5.94. The van der Waals surface area contributed by atoms with Crippen LogP contribution >= 0.6 is 23.2 Å². The van der Waals surface area contributed by atoms with E-state index in [9.17, 15) is 4.39 Å². The van der Waals surface area contributed by atoms with Gasteiger partial charge < -0.3 is 8.83 Å². The lowest BCUT2D eigenvalue weighted by atomic mass is 10.1. The number of rotatable bonds is 2. The molecule has 4 nitrogen and oxygen atoms in total. The topological polar surface area (TPSA) is 52.1 Å². The van der Waals surface area contributed by atoms with E-state index in [0.717, 1.165) is 17.0 Å². The Hall–Kier alpha value is -2.63. The van der Waals surface area contributed by atoms with Gasteiger partial charge >= 0.3 is 0 Å². The zero-order valence-corrected chi connectivity index (χ0v) is 16.1. The second-order valence-corrected chi connectivity index (χ2v) is 6.39. The van der Waals surface area contributed by atoms with Crippen molar-refractivity contribution < 1.29 is 13.2 Å². The van der Waals surface area contributed by atoms with Crippen LogP contribution in [0.1, 0.15) is 11.3 Å². The number of halogens is 3. The van der Waals surface area contributed by atoms with Gasteiger partial charge in [-0.25, -0.2) is 14.4 Å². The van der Waals surface area contributed by atoms with Crippen molar-refractivity contribution in [3.05, 3.63) is 82.5 Å². The van der Waals surface area contributed by atoms with Crippen LogP contribution in [0.2, 0.25) is 10.7 Å². The van der Waals surface area contributed by atoms with Gasteiger partial charge in [0.25, 0.3) is 10.7 Å². The lowest BCUT2D eigenvalue weighted by Gasteiger charge is -1.98. The van der Waals surface area contributed by atoms with Gasteiger partial charge in [0.15, 0.2) is 11.5 Å². The third-order valence-corrected chi connectivity index (χ3v) is 3.97. The molecule has 0 aliphatic carbocycles. The van der Waals surface area contributed by atoms with E-state index in [1.807, 2.05) is 38.1 Å². The number of aromatic nitrogens is 2. The minimum atomic E-state index is -0.315. The summed E-state index contributed by atoms with van der Waals surface area (Å²) in [5.41, 5.74) is 3.65. The van der Waals surface area contributed by atoms with Gasteiger partial charge in [0.1, 0.15) is 5.82 Å². The predicted molar refractivity (Wildman–Crippen MR) is 103 cm³/mol. The molecule has 0 bridgehead atoms. The smallest absolute Gasteiger partial charge is 0.292 e. The van der Waals surface area contributed by atoms with Gasteiger partial charge in [-0.2, -0.15) is 0 Å². The zero-order chi connectivity index (χ0) is 19.4. The van der Waals surface area contributed by atoms with E-state index in [1.165, 1.54) is 23.9 Å². The summed E-state index contributed by atoms with van der Waals surface area (Å²) in [5.74, 6) is 0.897. The quantitative estimate of drug-likeness (QED) is 0.370. The fourth-order valence-corrected chi connectivity index (χ4v) is 2.78. The Morgan fingerprint density at radius 3 is 2.22 bits per heavy atom. The summed E-state index contributed by atoms with van der Waals surface area (Å²) in [6.45, 7) is 3.92. The molecule has 27 heavy (non-hydrogen) atoms. The van der Waals surface area contributed by atoms with Gasteiger partial charge in [0.05, 0.1) is 11.9 Å². The summed E-state index contributed by atoms with van der Waals surface area (Å²) in [4.78, 5) is 7.71. The van der Waals surface area contributed by atoms with Gasteiger partial charge in [-0.3, -0.25) is 0 Å². The summed E-state index contributed by atoms with van der Waals surface area (Å²) in [6.07, 6.45) is 1.46. The Bertz CT molecular complexity index is 1060. The molecular formula is C20H15Cl2FN2O2. The molecule has 0 saturated heterocycles. The van der Waals surface area contributed by atoms with Gasteiger partial charge in [-0.1, -0.05) is 35.9 Å². The first kappa shape index (κ1) is 19.1. The maximum atomic E-state index is 12.8. The number of nitrogens with zero attached hydrogens (tertiary/aromatic N) is 2. The summed E-state index contributed by atoms with van der Waals surface area (Å²) in [5, 5.41) is 0.248. The maximum Gasteiger partial charge on any atom is 0.292 e. The highest BCUT2D eigenvalue weighted by atomic mass is 35.5.